The fourth-order valence-electron chi connectivity index (χ4n) is 3.00. The van der Waals surface area contributed by atoms with E-state index in [4.69, 9.17) is 26.8 Å². The van der Waals surface area contributed by atoms with Crippen molar-refractivity contribution in [1.29, 1.82) is 0 Å². The van der Waals surface area contributed by atoms with Gasteiger partial charge in [-0.05, 0) is 50.3 Å². The monoisotopic (exact) mass is 367 g/mol. The van der Waals surface area contributed by atoms with Gasteiger partial charge in [0, 0.05) is 18.8 Å². The average Bonchev–Trinajstić information content (AvgIpc) is 2.62. The SMILES string of the molecule is COc1ccc(NC(N)=NCCCCCOC2CCCCC2)cc1Cl. The van der Waals surface area contributed by atoms with E-state index in [2.05, 4.69) is 10.3 Å². The summed E-state index contributed by atoms with van der Waals surface area (Å²) in [6, 6.07) is 5.42. The Hall–Kier alpha value is -1.46. The Labute approximate surface area is 155 Å². The number of hydrogen-bond donors (Lipinski definition) is 2. The molecule has 0 aromatic heterocycles. The normalized spacial score (nSPS) is 16.0. The highest BCUT2D eigenvalue weighted by atomic mass is 35.5. The molecular weight excluding hydrogens is 338 g/mol. The second kappa shape index (κ2) is 11.2. The van der Waals surface area contributed by atoms with Crippen molar-refractivity contribution in [2.45, 2.75) is 57.5 Å². The number of benzene rings is 1. The maximum Gasteiger partial charge on any atom is 0.193 e. The van der Waals surface area contributed by atoms with E-state index >= 15 is 0 Å². The van der Waals surface area contributed by atoms with Gasteiger partial charge in [-0.3, -0.25) is 4.99 Å². The minimum Gasteiger partial charge on any atom is -0.495 e. The molecule has 5 nitrogen and oxygen atoms in total. The van der Waals surface area contributed by atoms with Crippen molar-refractivity contribution in [3.63, 3.8) is 0 Å². The van der Waals surface area contributed by atoms with Gasteiger partial charge in [0.2, 0.25) is 0 Å². The number of hydrogen-bond acceptors (Lipinski definition) is 3. The summed E-state index contributed by atoms with van der Waals surface area (Å²) in [5, 5.41) is 3.58. The summed E-state index contributed by atoms with van der Waals surface area (Å²) in [6.07, 6.45) is 10.2. The molecule has 0 amide bonds. The molecule has 0 saturated heterocycles. The van der Waals surface area contributed by atoms with Gasteiger partial charge >= 0.3 is 0 Å². The van der Waals surface area contributed by atoms with Gasteiger partial charge in [-0.15, -0.1) is 0 Å². The first-order chi connectivity index (χ1) is 12.2. The lowest BCUT2D eigenvalue weighted by Gasteiger charge is -2.21. The van der Waals surface area contributed by atoms with E-state index in [-0.39, 0.29) is 0 Å². The van der Waals surface area contributed by atoms with Crippen molar-refractivity contribution >= 4 is 23.2 Å². The quantitative estimate of drug-likeness (QED) is 0.380. The van der Waals surface area contributed by atoms with Crippen LogP contribution in [0.3, 0.4) is 0 Å². The van der Waals surface area contributed by atoms with Gasteiger partial charge < -0.3 is 20.5 Å². The minimum absolute atomic E-state index is 0.402. The largest absolute Gasteiger partial charge is 0.495 e. The number of guanidine groups is 1. The van der Waals surface area contributed by atoms with Crippen molar-refractivity contribution in [1.82, 2.24) is 0 Å². The number of nitrogens with zero attached hydrogens (tertiary/aromatic N) is 1. The summed E-state index contributed by atoms with van der Waals surface area (Å²) in [5.74, 6) is 1.04. The minimum atomic E-state index is 0.402. The summed E-state index contributed by atoms with van der Waals surface area (Å²) in [7, 11) is 1.59. The van der Waals surface area contributed by atoms with Gasteiger partial charge in [-0.1, -0.05) is 30.9 Å². The number of rotatable bonds is 9. The maximum absolute atomic E-state index is 6.09. The molecule has 1 aliphatic rings. The van der Waals surface area contributed by atoms with Gasteiger partial charge in [0.15, 0.2) is 5.96 Å². The Balaban J connectivity index is 1.57. The summed E-state index contributed by atoms with van der Waals surface area (Å²) in [5.41, 5.74) is 6.70. The predicted octanol–water partition coefficient (Wildman–Crippen LogP) is 4.59. The standard InChI is InChI=1S/C19H30ClN3O2/c1-24-18-11-10-15(14-17(18)20)23-19(21)22-12-6-3-7-13-25-16-8-4-2-5-9-16/h10-11,14,16H,2-9,12-13H2,1H3,(H3,21,22,23). The van der Waals surface area contributed by atoms with Crippen molar-refractivity contribution in [2.24, 2.45) is 10.7 Å². The molecule has 6 heteroatoms. The molecule has 0 unspecified atom stereocenters. The Bertz CT molecular complexity index is 545. The molecule has 1 aliphatic carbocycles. The molecule has 1 aromatic rings. The maximum atomic E-state index is 6.09. The van der Waals surface area contributed by atoms with Crippen molar-refractivity contribution in [3.8, 4) is 5.75 Å². The zero-order valence-corrected chi connectivity index (χ0v) is 15.9. The van der Waals surface area contributed by atoms with Gasteiger partial charge in [-0.25, -0.2) is 0 Å². The molecule has 2 rings (SSSR count). The molecule has 25 heavy (non-hydrogen) atoms. The fraction of sp³-hybridized carbons (Fsp3) is 0.632. The summed E-state index contributed by atoms with van der Waals surface area (Å²) < 4.78 is 11.0. The molecule has 0 radical (unpaired) electrons. The summed E-state index contributed by atoms with van der Waals surface area (Å²) >= 11 is 6.09. The van der Waals surface area contributed by atoms with E-state index in [0.29, 0.717) is 29.4 Å². The zero-order valence-electron chi connectivity index (χ0n) is 15.1. The number of ether oxygens (including phenoxy) is 2. The summed E-state index contributed by atoms with van der Waals surface area (Å²) in [4.78, 5) is 4.35. The Morgan fingerprint density at radius 1 is 1.24 bits per heavy atom. The molecular formula is C19H30ClN3O2. The van der Waals surface area contributed by atoms with Crippen LogP contribution < -0.4 is 15.8 Å². The first kappa shape index (κ1) is 19.9. The van der Waals surface area contributed by atoms with Crippen LogP contribution in [-0.4, -0.2) is 32.3 Å². The Morgan fingerprint density at radius 2 is 2.04 bits per heavy atom. The third-order valence-electron chi connectivity index (χ3n) is 4.41. The highest BCUT2D eigenvalue weighted by Gasteiger charge is 2.12. The molecule has 0 spiro atoms. The molecule has 1 saturated carbocycles. The first-order valence-electron chi connectivity index (χ1n) is 9.21. The van der Waals surface area contributed by atoms with Gasteiger partial charge in [0.1, 0.15) is 5.75 Å². The molecule has 3 N–H and O–H groups in total. The zero-order chi connectivity index (χ0) is 17.9. The van der Waals surface area contributed by atoms with Crippen LogP contribution in [0.15, 0.2) is 23.2 Å². The van der Waals surface area contributed by atoms with Crippen molar-refractivity contribution in [2.75, 3.05) is 25.6 Å². The number of methoxy groups -OCH3 is 1. The second-order valence-electron chi connectivity index (χ2n) is 6.43. The Morgan fingerprint density at radius 3 is 2.76 bits per heavy atom. The summed E-state index contributed by atoms with van der Waals surface area (Å²) in [6.45, 7) is 1.58. The smallest absolute Gasteiger partial charge is 0.193 e. The molecule has 1 aromatic carbocycles. The molecule has 0 aliphatic heterocycles. The number of aliphatic imine (C=N–C) groups is 1. The van der Waals surface area contributed by atoms with Crippen LogP contribution in [0.2, 0.25) is 5.02 Å². The van der Waals surface area contributed by atoms with E-state index in [0.717, 1.165) is 31.6 Å². The van der Waals surface area contributed by atoms with E-state index < -0.39 is 0 Å². The lowest BCUT2D eigenvalue weighted by Crippen LogP contribution is -2.22. The highest BCUT2D eigenvalue weighted by molar-refractivity contribution is 6.32. The first-order valence-corrected chi connectivity index (χ1v) is 9.59. The number of nitrogens with one attached hydrogen (secondary N) is 1. The average molecular weight is 368 g/mol. The Kier molecular flexibility index (Phi) is 8.91. The van der Waals surface area contributed by atoms with Crippen LogP contribution in [-0.2, 0) is 4.74 Å². The fourth-order valence-corrected chi connectivity index (χ4v) is 3.26. The van der Waals surface area contributed by atoms with Crippen LogP contribution >= 0.6 is 11.6 Å². The van der Waals surface area contributed by atoms with E-state index in [1.807, 2.05) is 6.07 Å². The number of anilines is 1. The van der Waals surface area contributed by atoms with Gasteiger partial charge in [0.05, 0.1) is 18.2 Å². The van der Waals surface area contributed by atoms with Gasteiger partial charge in [-0.2, -0.15) is 0 Å². The van der Waals surface area contributed by atoms with Crippen LogP contribution in [0.25, 0.3) is 0 Å². The lowest BCUT2D eigenvalue weighted by atomic mass is 9.98. The van der Waals surface area contributed by atoms with Crippen LogP contribution in [0.1, 0.15) is 51.4 Å². The number of unbranched alkanes of at least 4 members (excludes halogenated alkanes) is 2. The van der Waals surface area contributed by atoms with Crippen LogP contribution in [0.4, 0.5) is 5.69 Å². The third kappa shape index (κ3) is 7.53. The molecule has 1 fully saturated rings. The second-order valence-corrected chi connectivity index (χ2v) is 6.84. The molecule has 0 atom stereocenters. The van der Waals surface area contributed by atoms with E-state index in [9.17, 15) is 0 Å². The van der Waals surface area contributed by atoms with Crippen LogP contribution in [0, 0.1) is 0 Å². The topological polar surface area (TPSA) is 68.9 Å². The molecule has 140 valence electrons. The predicted molar refractivity (Wildman–Crippen MR) is 105 cm³/mol. The lowest BCUT2D eigenvalue weighted by molar-refractivity contribution is 0.0264. The molecule has 0 heterocycles. The van der Waals surface area contributed by atoms with Crippen molar-refractivity contribution < 1.29 is 9.47 Å². The van der Waals surface area contributed by atoms with Gasteiger partial charge in [0.25, 0.3) is 0 Å². The van der Waals surface area contributed by atoms with Crippen molar-refractivity contribution in [3.05, 3.63) is 23.2 Å². The van der Waals surface area contributed by atoms with E-state index in [1.54, 1.807) is 19.2 Å². The van der Waals surface area contributed by atoms with E-state index in [1.165, 1.54) is 32.1 Å². The molecule has 0 bridgehead atoms. The third-order valence-corrected chi connectivity index (χ3v) is 4.71. The van der Waals surface area contributed by atoms with Crippen LogP contribution in [0.5, 0.6) is 5.75 Å². The number of halogens is 1. The number of nitrogens with two attached hydrogens (primary N) is 1. The highest BCUT2D eigenvalue weighted by Crippen LogP contribution is 2.27.